The second kappa shape index (κ2) is 10.5. The number of hydrogen-bond donors (Lipinski definition) is 1. The van der Waals surface area contributed by atoms with Crippen LogP contribution in [0.4, 0.5) is 5.69 Å². The van der Waals surface area contributed by atoms with E-state index >= 15 is 0 Å². The number of aromatic nitrogens is 1. The highest BCUT2D eigenvalue weighted by atomic mass is 35.5. The van der Waals surface area contributed by atoms with E-state index < -0.39 is 5.92 Å². The second-order valence-electron chi connectivity index (χ2n) is 9.48. The standard InChI is InChI=1S/C30H26Cl2N4O2/c1-17-13-18(2)20(14-19(17)16-38-26-11-4-3-7-22(26)31)27-21(15-33)30(34)36(24-9-6-12-35-29(24)32)23-8-5-10-25(37)28(23)27/h3-4,6-7,9,11-14,27H,5,8,10,16,34H2,1-2H3. The summed E-state index contributed by atoms with van der Waals surface area (Å²) in [6.07, 6.45) is 3.33. The zero-order valence-electron chi connectivity index (χ0n) is 21.1. The van der Waals surface area contributed by atoms with Crippen molar-refractivity contribution >= 4 is 34.7 Å². The third kappa shape index (κ3) is 4.53. The molecule has 2 aliphatic rings. The molecular weight excluding hydrogens is 519 g/mol. The van der Waals surface area contributed by atoms with Crippen LogP contribution in [0.1, 0.15) is 47.4 Å². The number of anilines is 1. The first kappa shape index (κ1) is 25.8. The van der Waals surface area contributed by atoms with Gasteiger partial charge in [-0.3, -0.25) is 9.69 Å². The summed E-state index contributed by atoms with van der Waals surface area (Å²) in [4.78, 5) is 19.4. The summed E-state index contributed by atoms with van der Waals surface area (Å²) in [6, 6.07) is 17.3. The van der Waals surface area contributed by atoms with Crippen LogP contribution in [0.15, 0.2) is 77.4 Å². The zero-order valence-corrected chi connectivity index (χ0v) is 22.6. The first-order valence-corrected chi connectivity index (χ1v) is 13.1. The van der Waals surface area contributed by atoms with E-state index in [1.54, 1.807) is 29.3 Å². The SMILES string of the molecule is Cc1cc(C)c(C2C(C#N)=C(N)N(c3cccnc3Cl)C3=C2C(=O)CCC3)cc1COc1ccccc1Cl. The molecule has 1 aromatic heterocycles. The number of nitrogens with zero attached hydrogens (tertiary/aromatic N) is 3. The van der Waals surface area contributed by atoms with Crippen molar-refractivity contribution in [2.45, 2.75) is 45.6 Å². The van der Waals surface area contributed by atoms with Gasteiger partial charge in [-0.1, -0.05) is 47.5 Å². The Balaban J connectivity index is 1.65. The van der Waals surface area contributed by atoms with E-state index in [0.29, 0.717) is 46.9 Å². The number of halogens is 2. The van der Waals surface area contributed by atoms with Crippen molar-refractivity contribution in [3.63, 3.8) is 0 Å². The Labute approximate surface area is 231 Å². The number of hydrogen-bond acceptors (Lipinski definition) is 6. The normalized spacial score (nSPS) is 17.4. The highest BCUT2D eigenvalue weighted by Gasteiger charge is 2.41. The van der Waals surface area contributed by atoms with Gasteiger partial charge < -0.3 is 10.5 Å². The van der Waals surface area contributed by atoms with Gasteiger partial charge in [-0.05, 0) is 73.2 Å². The fraction of sp³-hybridized carbons (Fsp3) is 0.233. The van der Waals surface area contributed by atoms with Gasteiger partial charge in [0.2, 0.25) is 0 Å². The van der Waals surface area contributed by atoms with Crippen LogP contribution >= 0.6 is 23.2 Å². The Morgan fingerprint density at radius 1 is 1.13 bits per heavy atom. The largest absolute Gasteiger partial charge is 0.487 e. The Morgan fingerprint density at radius 3 is 2.66 bits per heavy atom. The van der Waals surface area contributed by atoms with Crippen molar-refractivity contribution in [3.05, 3.63) is 110 Å². The molecule has 6 nitrogen and oxygen atoms in total. The molecule has 0 spiro atoms. The Bertz CT molecular complexity index is 1550. The van der Waals surface area contributed by atoms with Gasteiger partial charge in [0.25, 0.3) is 0 Å². The first-order chi connectivity index (χ1) is 18.3. The minimum absolute atomic E-state index is 0.00959. The van der Waals surface area contributed by atoms with Gasteiger partial charge in [0.15, 0.2) is 10.9 Å². The maximum Gasteiger partial charge on any atom is 0.161 e. The fourth-order valence-electron chi connectivity index (χ4n) is 5.32. The summed E-state index contributed by atoms with van der Waals surface area (Å²) in [6.45, 7) is 4.29. The predicted octanol–water partition coefficient (Wildman–Crippen LogP) is 6.89. The van der Waals surface area contributed by atoms with Crippen LogP contribution in [-0.4, -0.2) is 10.8 Å². The maximum atomic E-state index is 13.5. The molecule has 0 saturated carbocycles. The molecule has 5 rings (SSSR count). The number of nitrogens with two attached hydrogens (primary N) is 1. The van der Waals surface area contributed by atoms with Crippen LogP contribution in [0.2, 0.25) is 10.2 Å². The first-order valence-electron chi connectivity index (χ1n) is 12.4. The van der Waals surface area contributed by atoms with Gasteiger partial charge in [0, 0.05) is 23.9 Å². The van der Waals surface area contributed by atoms with E-state index in [9.17, 15) is 10.1 Å². The van der Waals surface area contributed by atoms with Crippen molar-refractivity contribution in [2.75, 3.05) is 4.90 Å². The molecule has 0 bridgehead atoms. The summed E-state index contributed by atoms with van der Waals surface area (Å²) in [5.74, 6) is 0.269. The van der Waals surface area contributed by atoms with Gasteiger partial charge in [-0.25, -0.2) is 4.98 Å². The van der Waals surface area contributed by atoms with E-state index in [1.807, 2.05) is 38.1 Å². The number of aryl methyl sites for hydroxylation is 2. The third-order valence-electron chi connectivity index (χ3n) is 7.15. The van der Waals surface area contributed by atoms with Crippen LogP contribution in [0.5, 0.6) is 5.75 Å². The molecule has 1 aliphatic carbocycles. The fourth-order valence-corrected chi connectivity index (χ4v) is 5.71. The lowest BCUT2D eigenvalue weighted by atomic mass is 9.74. The number of allylic oxidation sites excluding steroid dienone is 3. The lowest BCUT2D eigenvalue weighted by molar-refractivity contribution is -0.116. The number of rotatable bonds is 5. The Kier molecular flexibility index (Phi) is 7.16. The number of para-hydroxylation sites is 1. The molecule has 1 aliphatic heterocycles. The summed E-state index contributed by atoms with van der Waals surface area (Å²) in [7, 11) is 0. The monoisotopic (exact) mass is 544 g/mol. The molecule has 3 aromatic rings. The van der Waals surface area contributed by atoms with Gasteiger partial charge in [0.1, 0.15) is 18.2 Å². The number of benzene rings is 2. The number of carbonyl (C=O) groups is 1. The average molecular weight is 545 g/mol. The van der Waals surface area contributed by atoms with Gasteiger partial charge in [0.05, 0.1) is 28.3 Å². The molecular formula is C30H26Cl2N4O2. The quantitative estimate of drug-likeness (QED) is 0.351. The van der Waals surface area contributed by atoms with Crippen molar-refractivity contribution < 1.29 is 9.53 Å². The number of ketones is 1. The topological polar surface area (TPSA) is 92.2 Å². The van der Waals surface area contributed by atoms with Crippen molar-refractivity contribution in [1.29, 1.82) is 5.26 Å². The van der Waals surface area contributed by atoms with Crippen LogP contribution in [-0.2, 0) is 11.4 Å². The minimum atomic E-state index is -0.589. The van der Waals surface area contributed by atoms with Crippen molar-refractivity contribution in [2.24, 2.45) is 5.73 Å². The van der Waals surface area contributed by atoms with Crippen LogP contribution in [0.3, 0.4) is 0 Å². The van der Waals surface area contributed by atoms with Crippen molar-refractivity contribution in [3.8, 4) is 11.8 Å². The molecule has 192 valence electrons. The summed E-state index contributed by atoms with van der Waals surface area (Å²) < 4.78 is 6.03. The Hall–Kier alpha value is -3.79. The maximum absolute atomic E-state index is 13.5. The van der Waals surface area contributed by atoms with E-state index in [2.05, 4.69) is 17.1 Å². The number of Topliss-reactive ketones (excluding diaryl/α,β-unsaturated/α-hetero) is 1. The molecule has 0 saturated heterocycles. The smallest absolute Gasteiger partial charge is 0.161 e. The molecule has 0 fully saturated rings. The summed E-state index contributed by atoms with van der Waals surface area (Å²) >= 11 is 12.7. The molecule has 38 heavy (non-hydrogen) atoms. The van der Waals surface area contributed by atoms with E-state index in [-0.39, 0.29) is 23.4 Å². The number of carbonyl (C=O) groups excluding carboxylic acids is 1. The van der Waals surface area contributed by atoms with Crippen LogP contribution in [0.25, 0.3) is 0 Å². The van der Waals surface area contributed by atoms with Gasteiger partial charge >= 0.3 is 0 Å². The minimum Gasteiger partial charge on any atom is -0.487 e. The molecule has 0 amide bonds. The number of nitriles is 1. The van der Waals surface area contributed by atoms with Crippen molar-refractivity contribution in [1.82, 2.24) is 4.98 Å². The highest BCUT2D eigenvalue weighted by Crippen LogP contribution is 2.48. The summed E-state index contributed by atoms with van der Waals surface area (Å²) in [5.41, 5.74) is 12.7. The number of pyridine rings is 1. The predicted molar refractivity (Wildman–Crippen MR) is 149 cm³/mol. The summed E-state index contributed by atoms with van der Waals surface area (Å²) in [5, 5.41) is 11.1. The molecule has 8 heteroatoms. The zero-order chi connectivity index (χ0) is 27.0. The third-order valence-corrected chi connectivity index (χ3v) is 7.75. The molecule has 0 radical (unpaired) electrons. The van der Waals surface area contributed by atoms with E-state index in [0.717, 1.165) is 28.0 Å². The number of ether oxygens (including phenoxy) is 1. The molecule has 2 heterocycles. The van der Waals surface area contributed by atoms with E-state index in [4.69, 9.17) is 33.7 Å². The molecule has 2 aromatic carbocycles. The Morgan fingerprint density at radius 2 is 1.92 bits per heavy atom. The van der Waals surface area contributed by atoms with Gasteiger partial charge in [-0.2, -0.15) is 5.26 Å². The molecule has 2 N–H and O–H groups in total. The molecule has 1 unspecified atom stereocenters. The lowest BCUT2D eigenvalue weighted by Gasteiger charge is -2.40. The second-order valence-corrected chi connectivity index (χ2v) is 10.2. The van der Waals surface area contributed by atoms with E-state index in [1.165, 1.54) is 0 Å². The van der Waals surface area contributed by atoms with Gasteiger partial charge in [-0.15, -0.1) is 0 Å². The molecule has 1 atom stereocenters. The lowest BCUT2D eigenvalue weighted by Crippen LogP contribution is -2.39. The highest BCUT2D eigenvalue weighted by molar-refractivity contribution is 6.32. The average Bonchev–Trinajstić information content (AvgIpc) is 2.89. The van der Waals surface area contributed by atoms with Crippen LogP contribution in [0, 0.1) is 25.2 Å². The van der Waals surface area contributed by atoms with Crippen LogP contribution < -0.4 is 15.4 Å².